The zero-order valence-corrected chi connectivity index (χ0v) is 17.9. The number of likely N-dealkylation sites (tertiary alicyclic amines) is 2. The van der Waals surface area contributed by atoms with Crippen LogP contribution in [0.25, 0.3) is 0 Å². The Morgan fingerprint density at radius 2 is 1.91 bits per heavy atom. The second-order valence-corrected chi connectivity index (χ2v) is 10.5. The Kier molecular flexibility index (Phi) is 5.82. The van der Waals surface area contributed by atoms with E-state index in [9.17, 15) is 31.2 Å². The van der Waals surface area contributed by atoms with Gasteiger partial charge in [0.05, 0.1) is 17.0 Å². The molecule has 0 saturated carbocycles. The van der Waals surface area contributed by atoms with Crippen LogP contribution in [0.4, 0.5) is 18.0 Å². The predicted molar refractivity (Wildman–Crippen MR) is 104 cm³/mol. The molecule has 0 atom stereocenters. The van der Waals surface area contributed by atoms with Crippen molar-refractivity contribution in [1.82, 2.24) is 20.1 Å². The van der Waals surface area contributed by atoms with E-state index in [0.29, 0.717) is 63.8 Å². The lowest BCUT2D eigenvalue weighted by Crippen LogP contribution is -2.76. The molecule has 9 nitrogen and oxygen atoms in total. The van der Waals surface area contributed by atoms with Gasteiger partial charge >= 0.3 is 11.5 Å². The van der Waals surface area contributed by atoms with E-state index in [1.165, 1.54) is 6.20 Å². The summed E-state index contributed by atoms with van der Waals surface area (Å²) in [6.45, 7) is 2.17. The van der Waals surface area contributed by atoms with Crippen molar-refractivity contribution < 1.29 is 35.9 Å². The number of pyridine rings is 1. The highest BCUT2D eigenvalue weighted by Gasteiger charge is 2.49. The zero-order valence-electron chi connectivity index (χ0n) is 17.1. The molecule has 3 aliphatic heterocycles. The minimum absolute atomic E-state index is 0.0315. The van der Waals surface area contributed by atoms with Gasteiger partial charge in [-0.1, -0.05) is 0 Å². The zero-order chi connectivity index (χ0) is 23.1. The number of carbonyl (C=O) groups excluding carboxylic acids is 2. The predicted octanol–water partition coefficient (Wildman–Crippen LogP) is 0.950. The molecule has 4 heterocycles. The third-order valence-electron chi connectivity index (χ3n) is 6.07. The fraction of sp³-hybridized carbons (Fsp3) is 0.632. The molecule has 0 unspecified atom stereocenters. The van der Waals surface area contributed by atoms with Crippen molar-refractivity contribution in [2.45, 2.75) is 35.2 Å². The maximum Gasteiger partial charge on any atom is 0.501 e. The average molecular weight is 476 g/mol. The monoisotopic (exact) mass is 476 g/mol. The van der Waals surface area contributed by atoms with Gasteiger partial charge in [0.2, 0.25) is 5.91 Å². The minimum atomic E-state index is -5.44. The molecule has 3 aliphatic rings. The van der Waals surface area contributed by atoms with Gasteiger partial charge in [0.1, 0.15) is 6.61 Å². The van der Waals surface area contributed by atoms with Gasteiger partial charge in [0.15, 0.2) is 0 Å². The van der Waals surface area contributed by atoms with E-state index in [0.717, 1.165) is 6.07 Å². The number of hydrogen-bond donors (Lipinski definition) is 1. The van der Waals surface area contributed by atoms with Crippen LogP contribution in [0.3, 0.4) is 0 Å². The summed E-state index contributed by atoms with van der Waals surface area (Å²) in [5, 5.41) is 2.88. The maximum absolute atomic E-state index is 12.8. The van der Waals surface area contributed by atoms with Gasteiger partial charge in [0, 0.05) is 38.6 Å². The smallest absolute Gasteiger partial charge is 0.369 e. The molecule has 3 saturated heterocycles. The molecule has 1 spiro atoms. The van der Waals surface area contributed by atoms with Crippen molar-refractivity contribution in [3.05, 3.63) is 24.0 Å². The van der Waals surface area contributed by atoms with Gasteiger partial charge < -0.3 is 19.9 Å². The number of nitrogens with one attached hydrogen (secondary N) is 1. The van der Waals surface area contributed by atoms with Crippen molar-refractivity contribution in [2.75, 3.05) is 39.4 Å². The number of ether oxygens (including phenoxy) is 1. The van der Waals surface area contributed by atoms with Crippen LogP contribution in [-0.2, 0) is 25.8 Å². The number of amides is 3. The summed E-state index contributed by atoms with van der Waals surface area (Å²) in [6, 6.07) is 0.904. The highest BCUT2D eigenvalue weighted by atomic mass is 32.2. The fourth-order valence-electron chi connectivity index (χ4n) is 4.41. The minimum Gasteiger partial charge on any atom is -0.369 e. The topological polar surface area (TPSA) is 109 Å². The SMILES string of the molecule is O=C1COCC2(CN(C(=O)N3CCC(Cc4cncc(S(=O)(=O)C(F)(F)F)c4)CC3)C2)N1. The van der Waals surface area contributed by atoms with E-state index in [1.54, 1.807) is 9.80 Å². The Morgan fingerprint density at radius 3 is 2.53 bits per heavy atom. The third kappa shape index (κ3) is 4.40. The molecule has 0 radical (unpaired) electrons. The Bertz CT molecular complexity index is 1000. The Labute approximate surface area is 182 Å². The first-order chi connectivity index (χ1) is 15.0. The second kappa shape index (κ2) is 8.18. The van der Waals surface area contributed by atoms with Gasteiger partial charge in [-0.3, -0.25) is 9.78 Å². The van der Waals surface area contributed by atoms with Gasteiger partial charge in [-0.15, -0.1) is 0 Å². The summed E-state index contributed by atoms with van der Waals surface area (Å²) in [5.74, 6) is -0.0933. The third-order valence-corrected chi connectivity index (χ3v) is 7.52. The summed E-state index contributed by atoms with van der Waals surface area (Å²) in [5.41, 5.74) is -5.46. The van der Waals surface area contributed by atoms with E-state index in [-0.39, 0.29) is 24.5 Å². The summed E-state index contributed by atoms with van der Waals surface area (Å²) >= 11 is 0. The lowest BCUT2D eigenvalue weighted by Gasteiger charge is -2.52. The summed E-state index contributed by atoms with van der Waals surface area (Å²) in [6.07, 6.45) is 3.73. The number of hydrogen-bond acceptors (Lipinski definition) is 6. The van der Waals surface area contributed by atoms with Crippen LogP contribution in [0, 0.1) is 5.92 Å². The van der Waals surface area contributed by atoms with Crippen molar-refractivity contribution in [1.29, 1.82) is 0 Å². The van der Waals surface area contributed by atoms with Crippen molar-refractivity contribution in [3.8, 4) is 0 Å². The molecule has 1 N–H and O–H groups in total. The molecule has 0 aliphatic carbocycles. The Balaban J connectivity index is 1.29. The van der Waals surface area contributed by atoms with Crippen molar-refractivity contribution >= 4 is 21.8 Å². The fourth-order valence-corrected chi connectivity index (χ4v) is 5.19. The molecule has 3 fully saturated rings. The number of rotatable bonds is 3. The van der Waals surface area contributed by atoms with Crippen LogP contribution in [-0.4, -0.2) is 85.6 Å². The number of halogens is 3. The quantitative estimate of drug-likeness (QED) is 0.696. The van der Waals surface area contributed by atoms with Crippen molar-refractivity contribution in [2.24, 2.45) is 5.92 Å². The number of alkyl halides is 3. The average Bonchev–Trinajstić information content (AvgIpc) is 2.71. The lowest BCUT2D eigenvalue weighted by atomic mass is 9.89. The number of morpholine rings is 1. The standard InChI is InChI=1S/C19H23F3N4O5S/c20-19(21,22)32(29,30)15-6-14(7-23-8-15)5-13-1-3-25(4-2-13)17(28)26-10-18(11-26)12-31-9-16(27)24-18/h6-8,13H,1-5,9-12H2,(H,24,27). The molecular formula is C19H23F3N4O5S. The van der Waals surface area contributed by atoms with Crippen LogP contribution in [0.5, 0.6) is 0 Å². The molecular weight excluding hydrogens is 453 g/mol. The molecule has 176 valence electrons. The number of urea groups is 1. The number of carbonyl (C=O) groups is 2. The van der Waals surface area contributed by atoms with Crippen LogP contribution < -0.4 is 5.32 Å². The molecule has 4 rings (SSSR count). The Morgan fingerprint density at radius 1 is 1.22 bits per heavy atom. The molecule has 0 bridgehead atoms. The van der Waals surface area contributed by atoms with Gasteiger partial charge in [-0.05, 0) is 36.8 Å². The van der Waals surface area contributed by atoms with Gasteiger partial charge in [0.25, 0.3) is 9.84 Å². The molecule has 0 aromatic carbocycles. The summed E-state index contributed by atoms with van der Waals surface area (Å²) < 4.78 is 66.8. The van der Waals surface area contributed by atoms with Crippen LogP contribution >= 0.6 is 0 Å². The molecule has 1 aromatic rings. The van der Waals surface area contributed by atoms with Gasteiger partial charge in [-0.2, -0.15) is 13.2 Å². The molecule has 13 heteroatoms. The van der Waals surface area contributed by atoms with Crippen molar-refractivity contribution in [3.63, 3.8) is 0 Å². The lowest BCUT2D eigenvalue weighted by molar-refractivity contribution is -0.141. The number of piperidine rings is 1. The van der Waals surface area contributed by atoms with Crippen LogP contribution in [0.15, 0.2) is 23.4 Å². The first-order valence-corrected chi connectivity index (χ1v) is 11.7. The Hall–Kier alpha value is -2.41. The summed E-state index contributed by atoms with van der Waals surface area (Å²) in [4.78, 5) is 30.4. The first-order valence-electron chi connectivity index (χ1n) is 10.2. The van der Waals surface area contributed by atoms with E-state index in [2.05, 4.69) is 10.3 Å². The van der Waals surface area contributed by atoms with Crippen LogP contribution in [0.1, 0.15) is 18.4 Å². The first kappa shape index (κ1) is 22.8. The largest absolute Gasteiger partial charge is 0.501 e. The molecule has 1 aromatic heterocycles. The number of aromatic nitrogens is 1. The molecule has 32 heavy (non-hydrogen) atoms. The number of sulfone groups is 1. The molecule has 3 amide bonds. The van der Waals surface area contributed by atoms with Gasteiger partial charge in [-0.25, -0.2) is 13.2 Å². The van der Waals surface area contributed by atoms with E-state index in [4.69, 9.17) is 4.74 Å². The van der Waals surface area contributed by atoms with E-state index in [1.807, 2.05) is 0 Å². The second-order valence-electron chi connectivity index (χ2n) is 8.57. The summed E-state index contributed by atoms with van der Waals surface area (Å²) in [7, 11) is -5.44. The van der Waals surface area contributed by atoms with E-state index < -0.39 is 25.8 Å². The highest BCUT2D eigenvalue weighted by Crippen LogP contribution is 2.31. The van der Waals surface area contributed by atoms with E-state index >= 15 is 0 Å². The van der Waals surface area contributed by atoms with Crippen LogP contribution in [0.2, 0.25) is 0 Å². The highest BCUT2D eigenvalue weighted by molar-refractivity contribution is 7.92. The maximum atomic E-state index is 12.8. The number of nitrogens with zero attached hydrogens (tertiary/aromatic N) is 3. The normalized spacial score (nSPS) is 21.9.